The summed E-state index contributed by atoms with van der Waals surface area (Å²) >= 11 is 0. The Morgan fingerprint density at radius 2 is 1.68 bits per heavy atom. The predicted octanol–water partition coefficient (Wildman–Crippen LogP) is 2.12. The normalized spacial score (nSPS) is 32.5. The molecule has 2 heterocycles. The van der Waals surface area contributed by atoms with Crippen LogP contribution in [-0.4, -0.2) is 52.8 Å². The van der Waals surface area contributed by atoms with Crippen LogP contribution in [0.3, 0.4) is 0 Å². The zero-order valence-electron chi connectivity index (χ0n) is 11.7. The SMILES string of the molecule is CC(C)N1CCC2(CC1)CCN2C(=O)C1CC1(F)F. The topological polar surface area (TPSA) is 23.6 Å². The Labute approximate surface area is 112 Å². The summed E-state index contributed by atoms with van der Waals surface area (Å²) in [5.41, 5.74) is -0.0961. The Balaban J connectivity index is 1.62. The number of nitrogens with zero attached hydrogens (tertiary/aromatic N) is 2. The molecule has 1 spiro atoms. The maximum atomic E-state index is 13.0. The second-order valence-electron chi connectivity index (χ2n) is 6.61. The molecule has 19 heavy (non-hydrogen) atoms. The Bertz CT molecular complexity index is 389. The fourth-order valence-corrected chi connectivity index (χ4v) is 3.53. The van der Waals surface area contributed by atoms with Gasteiger partial charge >= 0.3 is 0 Å². The predicted molar refractivity (Wildman–Crippen MR) is 68.1 cm³/mol. The van der Waals surface area contributed by atoms with Gasteiger partial charge in [-0.15, -0.1) is 0 Å². The number of hydrogen-bond acceptors (Lipinski definition) is 2. The lowest BCUT2D eigenvalue weighted by Crippen LogP contribution is -2.66. The van der Waals surface area contributed by atoms with Gasteiger partial charge in [0.2, 0.25) is 5.91 Å². The van der Waals surface area contributed by atoms with E-state index in [4.69, 9.17) is 0 Å². The van der Waals surface area contributed by atoms with E-state index in [-0.39, 0.29) is 17.9 Å². The first kappa shape index (κ1) is 13.3. The Morgan fingerprint density at radius 1 is 1.16 bits per heavy atom. The van der Waals surface area contributed by atoms with Crippen LogP contribution in [0.2, 0.25) is 0 Å². The first-order chi connectivity index (χ1) is 8.86. The second kappa shape index (κ2) is 4.14. The summed E-state index contributed by atoms with van der Waals surface area (Å²) in [6.07, 6.45) is 2.63. The van der Waals surface area contributed by atoms with Crippen LogP contribution in [0, 0.1) is 5.92 Å². The first-order valence-electron chi connectivity index (χ1n) is 7.29. The Morgan fingerprint density at radius 3 is 2.05 bits per heavy atom. The summed E-state index contributed by atoms with van der Waals surface area (Å²) in [7, 11) is 0. The van der Waals surface area contributed by atoms with E-state index in [0.717, 1.165) is 32.4 Å². The molecule has 0 bridgehead atoms. The van der Waals surface area contributed by atoms with Crippen molar-refractivity contribution in [2.75, 3.05) is 19.6 Å². The molecule has 1 saturated carbocycles. The zero-order chi connectivity index (χ0) is 13.8. The van der Waals surface area contributed by atoms with Gasteiger partial charge in [-0.2, -0.15) is 0 Å². The minimum atomic E-state index is -2.73. The molecule has 1 aliphatic carbocycles. The lowest BCUT2D eigenvalue weighted by molar-refractivity contribution is -0.156. The number of likely N-dealkylation sites (tertiary alicyclic amines) is 2. The minimum Gasteiger partial charge on any atom is -0.336 e. The van der Waals surface area contributed by atoms with Gasteiger partial charge in [0.05, 0.1) is 0 Å². The Hall–Kier alpha value is -0.710. The smallest absolute Gasteiger partial charge is 0.260 e. The number of carbonyl (C=O) groups excluding carboxylic acids is 1. The molecule has 108 valence electrons. The lowest BCUT2D eigenvalue weighted by atomic mass is 9.75. The van der Waals surface area contributed by atoms with Crippen molar-refractivity contribution in [3.05, 3.63) is 0 Å². The van der Waals surface area contributed by atoms with Gasteiger partial charge < -0.3 is 9.80 Å². The molecule has 0 aromatic carbocycles. The summed E-state index contributed by atoms with van der Waals surface area (Å²) in [6, 6.07) is 0.523. The van der Waals surface area contributed by atoms with Gasteiger partial charge in [0, 0.05) is 37.6 Å². The molecule has 3 nitrogen and oxygen atoms in total. The van der Waals surface area contributed by atoms with Crippen LogP contribution in [-0.2, 0) is 4.79 Å². The second-order valence-corrected chi connectivity index (χ2v) is 6.61. The van der Waals surface area contributed by atoms with E-state index >= 15 is 0 Å². The zero-order valence-corrected chi connectivity index (χ0v) is 11.7. The van der Waals surface area contributed by atoms with E-state index in [2.05, 4.69) is 18.7 Å². The van der Waals surface area contributed by atoms with Crippen LogP contribution in [0.4, 0.5) is 8.78 Å². The molecular weight excluding hydrogens is 250 g/mol. The average molecular weight is 272 g/mol. The van der Waals surface area contributed by atoms with Crippen molar-refractivity contribution < 1.29 is 13.6 Å². The molecule has 1 unspecified atom stereocenters. The highest BCUT2D eigenvalue weighted by Crippen LogP contribution is 2.52. The van der Waals surface area contributed by atoms with Gasteiger partial charge in [0.25, 0.3) is 5.92 Å². The molecule has 5 heteroatoms. The fraction of sp³-hybridized carbons (Fsp3) is 0.929. The summed E-state index contributed by atoms with van der Waals surface area (Å²) in [5.74, 6) is -4.05. The third-order valence-corrected chi connectivity index (χ3v) is 5.22. The van der Waals surface area contributed by atoms with E-state index < -0.39 is 11.8 Å². The van der Waals surface area contributed by atoms with Crippen molar-refractivity contribution in [2.45, 2.75) is 57.0 Å². The number of piperidine rings is 1. The number of halogens is 2. The summed E-state index contributed by atoms with van der Waals surface area (Å²) in [6.45, 7) is 6.97. The third-order valence-electron chi connectivity index (χ3n) is 5.22. The third kappa shape index (κ3) is 2.06. The molecule has 0 aromatic heterocycles. The van der Waals surface area contributed by atoms with Gasteiger partial charge in [-0.25, -0.2) is 8.78 Å². The van der Waals surface area contributed by atoms with Crippen molar-refractivity contribution in [1.82, 2.24) is 9.80 Å². The molecule has 2 aliphatic heterocycles. The van der Waals surface area contributed by atoms with Crippen LogP contribution in [0.15, 0.2) is 0 Å². The molecule has 3 aliphatic rings. The maximum absolute atomic E-state index is 13.0. The molecule has 3 rings (SSSR count). The Kier molecular flexibility index (Phi) is 2.89. The molecule has 3 fully saturated rings. The number of hydrogen-bond donors (Lipinski definition) is 0. The van der Waals surface area contributed by atoms with Crippen LogP contribution < -0.4 is 0 Å². The standard InChI is InChI=1S/C14H22F2N2O/c1-10(2)17-6-3-13(4-7-17)5-8-18(13)12(19)11-9-14(11,15)16/h10-11H,3-9H2,1-2H3. The van der Waals surface area contributed by atoms with Crippen LogP contribution in [0.1, 0.15) is 39.5 Å². The number of carbonyl (C=O) groups is 1. The van der Waals surface area contributed by atoms with Crippen LogP contribution in [0.25, 0.3) is 0 Å². The number of alkyl halides is 2. The van der Waals surface area contributed by atoms with Gasteiger partial charge in [-0.1, -0.05) is 0 Å². The van der Waals surface area contributed by atoms with E-state index in [0.29, 0.717) is 12.6 Å². The van der Waals surface area contributed by atoms with Gasteiger partial charge in [-0.3, -0.25) is 4.79 Å². The van der Waals surface area contributed by atoms with E-state index in [1.165, 1.54) is 0 Å². The van der Waals surface area contributed by atoms with Gasteiger partial charge in [-0.05, 0) is 33.1 Å². The highest BCUT2D eigenvalue weighted by atomic mass is 19.3. The summed E-state index contributed by atoms with van der Waals surface area (Å²) < 4.78 is 26.1. The lowest BCUT2D eigenvalue weighted by Gasteiger charge is -2.57. The highest BCUT2D eigenvalue weighted by molar-refractivity contribution is 5.84. The quantitative estimate of drug-likeness (QED) is 0.768. The van der Waals surface area contributed by atoms with Crippen LogP contribution >= 0.6 is 0 Å². The van der Waals surface area contributed by atoms with Crippen molar-refractivity contribution in [3.63, 3.8) is 0 Å². The number of rotatable bonds is 2. The van der Waals surface area contributed by atoms with E-state index in [9.17, 15) is 13.6 Å². The monoisotopic (exact) mass is 272 g/mol. The molecule has 1 atom stereocenters. The first-order valence-corrected chi connectivity index (χ1v) is 7.29. The molecule has 1 amide bonds. The summed E-state index contributed by atoms with van der Waals surface area (Å²) in [5, 5.41) is 0. The van der Waals surface area contributed by atoms with Crippen molar-refractivity contribution >= 4 is 5.91 Å². The molecule has 2 saturated heterocycles. The van der Waals surface area contributed by atoms with E-state index in [1.54, 1.807) is 4.90 Å². The fourth-order valence-electron chi connectivity index (χ4n) is 3.53. The summed E-state index contributed by atoms with van der Waals surface area (Å²) in [4.78, 5) is 16.3. The number of amides is 1. The van der Waals surface area contributed by atoms with E-state index in [1.807, 2.05) is 0 Å². The van der Waals surface area contributed by atoms with Gasteiger partial charge in [0.1, 0.15) is 5.92 Å². The minimum absolute atomic E-state index is 0.0961. The largest absolute Gasteiger partial charge is 0.336 e. The average Bonchev–Trinajstić information content (AvgIpc) is 2.97. The van der Waals surface area contributed by atoms with Crippen molar-refractivity contribution in [3.8, 4) is 0 Å². The van der Waals surface area contributed by atoms with Crippen LogP contribution in [0.5, 0.6) is 0 Å². The highest BCUT2D eigenvalue weighted by Gasteiger charge is 2.64. The molecule has 0 N–H and O–H groups in total. The molecule has 0 aromatic rings. The molecular formula is C14H22F2N2O. The van der Waals surface area contributed by atoms with Crippen molar-refractivity contribution in [2.24, 2.45) is 5.92 Å². The van der Waals surface area contributed by atoms with Gasteiger partial charge in [0.15, 0.2) is 0 Å². The maximum Gasteiger partial charge on any atom is 0.260 e. The van der Waals surface area contributed by atoms with Crippen molar-refractivity contribution in [1.29, 1.82) is 0 Å². The molecule has 0 radical (unpaired) electrons.